The highest BCUT2D eigenvalue weighted by Crippen LogP contribution is 2.30. The minimum Gasteiger partial charge on any atom is -0.321 e. The van der Waals surface area contributed by atoms with Crippen LogP contribution in [0.3, 0.4) is 0 Å². The molecular formula is C19H14F3N5O. The maximum atomic E-state index is 13.0. The summed E-state index contributed by atoms with van der Waals surface area (Å²) in [5, 5.41) is 3.09. The molecule has 6 nitrogen and oxygen atoms in total. The predicted molar refractivity (Wildman–Crippen MR) is 97.6 cm³/mol. The van der Waals surface area contributed by atoms with Crippen molar-refractivity contribution in [1.29, 1.82) is 0 Å². The molecule has 0 aliphatic heterocycles. The molecule has 0 spiro atoms. The maximum absolute atomic E-state index is 13.0. The van der Waals surface area contributed by atoms with Crippen LogP contribution in [0.1, 0.15) is 11.3 Å². The molecule has 0 saturated heterocycles. The van der Waals surface area contributed by atoms with Crippen molar-refractivity contribution in [3.8, 4) is 0 Å². The number of anilines is 1. The van der Waals surface area contributed by atoms with Crippen LogP contribution in [-0.4, -0.2) is 25.4 Å². The van der Waals surface area contributed by atoms with Crippen molar-refractivity contribution >= 4 is 33.8 Å². The summed E-state index contributed by atoms with van der Waals surface area (Å²) >= 11 is 0. The Morgan fingerprint density at radius 2 is 1.93 bits per heavy atom. The van der Waals surface area contributed by atoms with Gasteiger partial charge in [-0.2, -0.15) is 13.2 Å². The van der Waals surface area contributed by atoms with Crippen molar-refractivity contribution < 1.29 is 18.0 Å². The number of aromatic nitrogens is 4. The van der Waals surface area contributed by atoms with Crippen molar-refractivity contribution in [2.75, 3.05) is 5.32 Å². The third-order valence-corrected chi connectivity index (χ3v) is 4.28. The molecule has 1 amide bonds. The van der Waals surface area contributed by atoms with Crippen molar-refractivity contribution in [2.24, 2.45) is 0 Å². The Morgan fingerprint density at radius 3 is 2.71 bits per heavy atom. The second kappa shape index (κ2) is 6.59. The van der Waals surface area contributed by atoms with Crippen LogP contribution in [0.5, 0.6) is 0 Å². The molecule has 0 saturated carbocycles. The summed E-state index contributed by atoms with van der Waals surface area (Å²) < 4.78 is 40.6. The van der Waals surface area contributed by atoms with Crippen LogP contribution < -0.4 is 5.32 Å². The number of rotatable bonds is 3. The highest BCUT2D eigenvalue weighted by Gasteiger charge is 2.33. The van der Waals surface area contributed by atoms with Gasteiger partial charge in [0.25, 0.3) is 0 Å². The molecule has 28 heavy (non-hydrogen) atoms. The van der Waals surface area contributed by atoms with E-state index in [4.69, 9.17) is 0 Å². The third kappa shape index (κ3) is 3.38. The number of alkyl halides is 3. The molecule has 1 N–H and O–H groups in total. The summed E-state index contributed by atoms with van der Waals surface area (Å²) in [6, 6.07) is 11.5. The van der Waals surface area contributed by atoms with Crippen LogP contribution in [0.2, 0.25) is 0 Å². The van der Waals surface area contributed by atoms with Gasteiger partial charge in [0.2, 0.25) is 5.91 Å². The molecule has 3 heterocycles. The van der Waals surface area contributed by atoms with Crippen LogP contribution >= 0.6 is 0 Å². The first kappa shape index (κ1) is 17.9. The number of nitrogens with one attached hydrogen (secondary N) is 1. The van der Waals surface area contributed by atoms with E-state index in [2.05, 4.69) is 20.3 Å². The van der Waals surface area contributed by atoms with E-state index in [1.54, 1.807) is 23.9 Å². The molecule has 0 aliphatic rings. The molecule has 0 atom stereocenters. The summed E-state index contributed by atoms with van der Waals surface area (Å²) in [5.41, 5.74) is 0.888. The molecule has 0 bridgehead atoms. The minimum absolute atomic E-state index is 0.00468. The average molecular weight is 385 g/mol. The number of benzene rings is 1. The molecule has 4 rings (SSSR count). The van der Waals surface area contributed by atoms with Gasteiger partial charge in [-0.25, -0.2) is 15.0 Å². The second-order valence-electron chi connectivity index (χ2n) is 6.30. The van der Waals surface area contributed by atoms with E-state index in [1.807, 2.05) is 24.3 Å². The lowest BCUT2D eigenvalue weighted by atomic mass is 10.1. The molecule has 0 fully saturated rings. The van der Waals surface area contributed by atoms with Crippen molar-refractivity contribution in [2.45, 2.75) is 19.6 Å². The largest absolute Gasteiger partial charge is 0.433 e. The number of carbonyl (C=O) groups is 1. The van der Waals surface area contributed by atoms with Gasteiger partial charge in [0.15, 0.2) is 5.65 Å². The molecule has 142 valence electrons. The number of amides is 1. The Hall–Kier alpha value is -3.49. The fourth-order valence-electron chi connectivity index (χ4n) is 2.96. The maximum Gasteiger partial charge on any atom is 0.433 e. The van der Waals surface area contributed by atoms with E-state index < -0.39 is 11.9 Å². The van der Waals surface area contributed by atoms with Gasteiger partial charge in [-0.3, -0.25) is 4.79 Å². The number of hydrogen-bond donors (Lipinski definition) is 1. The van der Waals surface area contributed by atoms with Gasteiger partial charge in [-0.05, 0) is 42.8 Å². The first-order valence-electron chi connectivity index (χ1n) is 8.36. The Morgan fingerprint density at radius 1 is 1.14 bits per heavy atom. The van der Waals surface area contributed by atoms with Crippen LogP contribution in [0.15, 0.2) is 48.8 Å². The molecule has 0 aliphatic carbocycles. The standard InChI is InChI=1S/C19H14F3N5O/c1-11-8-15(19(20,21)22)24-18-12(11)6-7-16(26-18)25-17(28)9-27-10-23-13-4-2-3-5-14(13)27/h2-8,10H,9H2,1H3,(H,24,25,26,28). The predicted octanol–water partition coefficient (Wildman–Crippen LogP) is 3.95. The fraction of sp³-hybridized carbons (Fsp3) is 0.158. The lowest BCUT2D eigenvalue weighted by Crippen LogP contribution is -2.19. The third-order valence-electron chi connectivity index (χ3n) is 4.28. The molecule has 3 aromatic heterocycles. The number of aryl methyl sites for hydroxylation is 1. The van der Waals surface area contributed by atoms with E-state index in [9.17, 15) is 18.0 Å². The smallest absolute Gasteiger partial charge is 0.321 e. The van der Waals surface area contributed by atoms with E-state index in [0.29, 0.717) is 10.9 Å². The molecule has 0 unspecified atom stereocenters. The molecule has 1 aromatic carbocycles. The van der Waals surface area contributed by atoms with E-state index in [-0.39, 0.29) is 23.9 Å². The number of carbonyl (C=O) groups excluding carboxylic acids is 1. The Labute approximate surface area is 157 Å². The van der Waals surface area contributed by atoms with Crippen molar-refractivity contribution in [3.63, 3.8) is 0 Å². The van der Waals surface area contributed by atoms with Crippen LogP contribution in [0.25, 0.3) is 22.1 Å². The van der Waals surface area contributed by atoms with E-state index >= 15 is 0 Å². The fourth-order valence-corrected chi connectivity index (χ4v) is 2.96. The monoisotopic (exact) mass is 385 g/mol. The zero-order valence-electron chi connectivity index (χ0n) is 14.7. The summed E-state index contributed by atoms with van der Waals surface area (Å²) in [7, 11) is 0. The van der Waals surface area contributed by atoms with Gasteiger partial charge in [0.1, 0.15) is 18.1 Å². The van der Waals surface area contributed by atoms with Gasteiger partial charge in [0, 0.05) is 5.39 Å². The highest BCUT2D eigenvalue weighted by molar-refractivity contribution is 5.92. The SMILES string of the molecule is Cc1cc(C(F)(F)F)nc2nc(NC(=O)Cn3cnc4ccccc43)ccc12. The van der Waals surface area contributed by atoms with E-state index in [0.717, 1.165) is 17.1 Å². The molecule has 9 heteroatoms. The van der Waals surface area contributed by atoms with Crippen LogP contribution in [-0.2, 0) is 17.5 Å². The molecular weight excluding hydrogens is 371 g/mol. The van der Waals surface area contributed by atoms with Gasteiger partial charge >= 0.3 is 6.18 Å². The highest BCUT2D eigenvalue weighted by atomic mass is 19.4. The van der Waals surface area contributed by atoms with Gasteiger partial charge in [0.05, 0.1) is 17.4 Å². The Kier molecular flexibility index (Phi) is 4.21. The Balaban J connectivity index is 1.59. The van der Waals surface area contributed by atoms with Gasteiger partial charge in [-0.1, -0.05) is 12.1 Å². The minimum atomic E-state index is -4.57. The number of nitrogens with zero attached hydrogens (tertiary/aromatic N) is 4. The van der Waals surface area contributed by atoms with Crippen molar-refractivity contribution in [3.05, 3.63) is 60.0 Å². The normalized spacial score (nSPS) is 11.9. The summed E-state index contributed by atoms with van der Waals surface area (Å²) in [5.74, 6) is -0.244. The van der Waals surface area contributed by atoms with Crippen LogP contribution in [0, 0.1) is 6.92 Å². The lowest BCUT2D eigenvalue weighted by molar-refractivity contribution is -0.141. The number of hydrogen-bond acceptors (Lipinski definition) is 4. The molecule has 4 aromatic rings. The lowest BCUT2D eigenvalue weighted by Gasteiger charge is -2.10. The van der Waals surface area contributed by atoms with E-state index in [1.165, 1.54) is 6.07 Å². The summed E-state index contributed by atoms with van der Waals surface area (Å²) in [4.78, 5) is 24.2. The number of para-hydroxylation sites is 2. The quantitative estimate of drug-likeness (QED) is 0.580. The summed E-state index contributed by atoms with van der Waals surface area (Å²) in [6.07, 6.45) is -3.01. The second-order valence-corrected chi connectivity index (χ2v) is 6.30. The van der Waals surface area contributed by atoms with Gasteiger partial charge < -0.3 is 9.88 Å². The topological polar surface area (TPSA) is 72.7 Å². The number of imidazole rings is 1. The first-order chi connectivity index (χ1) is 13.3. The Bertz CT molecular complexity index is 1200. The van der Waals surface area contributed by atoms with Crippen molar-refractivity contribution in [1.82, 2.24) is 19.5 Å². The van der Waals surface area contributed by atoms with Gasteiger partial charge in [-0.15, -0.1) is 0 Å². The zero-order chi connectivity index (χ0) is 19.9. The van der Waals surface area contributed by atoms with Crippen LogP contribution in [0.4, 0.5) is 19.0 Å². The molecule has 0 radical (unpaired) electrons. The number of pyridine rings is 2. The first-order valence-corrected chi connectivity index (χ1v) is 8.36. The average Bonchev–Trinajstić information content (AvgIpc) is 3.03. The zero-order valence-corrected chi connectivity index (χ0v) is 14.7. The number of fused-ring (bicyclic) bond motifs is 2. The summed E-state index contributed by atoms with van der Waals surface area (Å²) in [6.45, 7) is 1.55. The number of halogens is 3.